The van der Waals surface area contributed by atoms with Gasteiger partial charge in [-0.25, -0.2) is 0 Å². The molecule has 2 nitrogen and oxygen atoms in total. The molecule has 1 unspecified atom stereocenters. The van der Waals surface area contributed by atoms with Crippen LogP contribution in [-0.4, -0.2) is 0 Å². The van der Waals surface area contributed by atoms with E-state index in [0.29, 0.717) is 6.61 Å². The Balaban J connectivity index is 2.14. The molecular formula is C16H18BrNO. The van der Waals surface area contributed by atoms with Crippen LogP contribution in [0.2, 0.25) is 0 Å². The summed E-state index contributed by atoms with van der Waals surface area (Å²) < 4.78 is 6.98. The maximum absolute atomic E-state index is 5.97. The minimum Gasteiger partial charge on any atom is -0.489 e. The fraction of sp³-hybridized carbons (Fsp3) is 0.250. The van der Waals surface area contributed by atoms with Crippen LogP contribution >= 0.6 is 15.9 Å². The molecule has 2 rings (SSSR count). The third-order valence-electron chi connectivity index (χ3n) is 2.97. The molecule has 2 aromatic carbocycles. The van der Waals surface area contributed by atoms with Gasteiger partial charge in [-0.1, -0.05) is 40.2 Å². The van der Waals surface area contributed by atoms with Crippen molar-refractivity contribution in [2.24, 2.45) is 5.73 Å². The van der Waals surface area contributed by atoms with E-state index in [1.165, 1.54) is 5.56 Å². The van der Waals surface area contributed by atoms with Gasteiger partial charge >= 0.3 is 0 Å². The van der Waals surface area contributed by atoms with E-state index in [0.717, 1.165) is 21.3 Å². The molecule has 0 aliphatic carbocycles. The summed E-state index contributed by atoms with van der Waals surface area (Å²) in [6, 6.07) is 14.2. The van der Waals surface area contributed by atoms with Gasteiger partial charge in [-0.2, -0.15) is 0 Å². The van der Waals surface area contributed by atoms with E-state index in [4.69, 9.17) is 10.5 Å². The third kappa shape index (κ3) is 3.82. The van der Waals surface area contributed by atoms with Gasteiger partial charge in [0.15, 0.2) is 0 Å². The first-order chi connectivity index (χ1) is 9.06. The van der Waals surface area contributed by atoms with Gasteiger partial charge in [0.2, 0.25) is 0 Å². The summed E-state index contributed by atoms with van der Waals surface area (Å²) in [6.45, 7) is 4.57. The van der Waals surface area contributed by atoms with E-state index >= 15 is 0 Å². The van der Waals surface area contributed by atoms with Crippen LogP contribution in [0.3, 0.4) is 0 Å². The summed E-state index contributed by atoms with van der Waals surface area (Å²) in [6.07, 6.45) is 0. The van der Waals surface area contributed by atoms with Crippen LogP contribution in [0.5, 0.6) is 5.75 Å². The van der Waals surface area contributed by atoms with E-state index in [2.05, 4.69) is 28.9 Å². The Labute approximate surface area is 122 Å². The summed E-state index contributed by atoms with van der Waals surface area (Å²) in [5.41, 5.74) is 9.33. The Morgan fingerprint density at radius 1 is 1.16 bits per heavy atom. The van der Waals surface area contributed by atoms with Gasteiger partial charge in [0.05, 0.1) is 0 Å². The van der Waals surface area contributed by atoms with Gasteiger partial charge < -0.3 is 10.5 Å². The van der Waals surface area contributed by atoms with Crippen molar-refractivity contribution in [2.75, 3.05) is 0 Å². The normalized spacial score (nSPS) is 12.2. The van der Waals surface area contributed by atoms with Crippen LogP contribution < -0.4 is 10.5 Å². The molecule has 0 radical (unpaired) electrons. The highest BCUT2D eigenvalue weighted by Gasteiger charge is 2.08. The zero-order valence-electron chi connectivity index (χ0n) is 11.2. The molecule has 0 aromatic heterocycles. The Hall–Kier alpha value is -1.32. The third-order valence-corrected chi connectivity index (χ3v) is 3.50. The smallest absolute Gasteiger partial charge is 0.124 e. The fourth-order valence-electron chi connectivity index (χ4n) is 1.88. The largest absolute Gasteiger partial charge is 0.489 e. The summed E-state index contributed by atoms with van der Waals surface area (Å²) in [7, 11) is 0. The van der Waals surface area contributed by atoms with Crippen molar-refractivity contribution in [3.05, 3.63) is 63.6 Å². The van der Waals surface area contributed by atoms with Gasteiger partial charge in [-0.3, -0.25) is 0 Å². The maximum Gasteiger partial charge on any atom is 0.124 e. The molecule has 100 valence electrons. The van der Waals surface area contributed by atoms with Gasteiger partial charge in [0, 0.05) is 16.1 Å². The lowest BCUT2D eigenvalue weighted by Crippen LogP contribution is -2.08. The van der Waals surface area contributed by atoms with E-state index in [9.17, 15) is 0 Å². The van der Waals surface area contributed by atoms with E-state index in [-0.39, 0.29) is 6.04 Å². The molecule has 19 heavy (non-hydrogen) atoms. The molecule has 0 heterocycles. The highest BCUT2D eigenvalue weighted by molar-refractivity contribution is 9.10. The summed E-state index contributed by atoms with van der Waals surface area (Å²) in [5.74, 6) is 0.873. The zero-order chi connectivity index (χ0) is 13.8. The molecule has 0 saturated carbocycles. The number of rotatable bonds is 4. The Kier molecular flexibility index (Phi) is 4.61. The highest BCUT2D eigenvalue weighted by Crippen LogP contribution is 2.26. The first kappa shape index (κ1) is 14.1. The Morgan fingerprint density at radius 2 is 1.84 bits per heavy atom. The lowest BCUT2D eigenvalue weighted by atomic mass is 10.1. The lowest BCUT2D eigenvalue weighted by molar-refractivity contribution is 0.301. The lowest BCUT2D eigenvalue weighted by Gasteiger charge is -2.15. The van der Waals surface area contributed by atoms with Crippen molar-refractivity contribution in [2.45, 2.75) is 26.5 Å². The molecule has 0 saturated heterocycles. The summed E-state index contributed by atoms with van der Waals surface area (Å²) >= 11 is 3.42. The monoisotopic (exact) mass is 319 g/mol. The van der Waals surface area contributed by atoms with Gasteiger partial charge in [-0.15, -0.1) is 0 Å². The minimum atomic E-state index is -0.0273. The fourth-order valence-corrected chi connectivity index (χ4v) is 2.15. The molecule has 0 fully saturated rings. The quantitative estimate of drug-likeness (QED) is 0.908. The maximum atomic E-state index is 5.97. The van der Waals surface area contributed by atoms with E-state index in [1.54, 1.807) is 0 Å². The average molecular weight is 320 g/mol. The summed E-state index contributed by atoms with van der Waals surface area (Å²) in [5, 5.41) is 0. The molecule has 0 amide bonds. The number of hydrogen-bond acceptors (Lipinski definition) is 2. The van der Waals surface area contributed by atoms with Crippen LogP contribution in [-0.2, 0) is 6.61 Å². The zero-order valence-corrected chi connectivity index (χ0v) is 12.8. The molecule has 2 aromatic rings. The van der Waals surface area contributed by atoms with Crippen molar-refractivity contribution in [1.29, 1.82) is 0 Å². The number of ether oxygens (including phenoxy) is 1. The standard InChI is InChI=1S/C16H18BrNO/c1-11-3-8-15(12(2)18)16(9-11)19-10-13-4-6-14(17)7-5-13/h3-9,12H,10,18H2,1-2H3. The number of nitrogens with two attached hydrogens (primary N) is 1. The van der Waals surface area contributed by atoms with Crippen molar-refractivity contribution in [3.63, 3.8) is 0 Å². The first-order valence-corrected chi connectivity index (χ1v) is 7.09. The van der Waals surface area contributed by atoms with Crippen molar-refractivity contribution in [1.82, 2.24) is 0 Å². The second kappa shape index (κ2) is 6.22. The van der Waals surface area contributed by atoms with Gasteiger partial charge in [0.25, 0.3) is 0 Å². The SMILES string of the molecule is Cc1ccc(C(C)N)c(OCc2ccc(Br)cc2)c1. The average Bonchev–Trinajstić information content (AvgIpc) is 2.38. The van der Waals surface area contributed by atoms with Crippen molar-refractivity contribution in [3.8, 4) is 5.75 Å². The topological polar surface area (TPSA) is 35.2 Å². The molecule has 3 heteroatoms. The predicted octanol–water partition coefficient (Wildman–Crippen LogP) is 4.36. The number of halogens is 1. The summed E-state index contributed by atoms with van der Waals surface area (Å²) in [4.78, 5) is 0. The molecule has 0 bridgehead atoms. The highest BCUT2D eigenvalue weighted by atomic mass is 79.9. The molecule has 0 spiro atoms. The number of hydrogen-bond donors (Lipinski definition) is 1. The number of benzene rings is 2. The van der Waals surface area contributed by atoms with Crippen LogP contribution in [0, 0.1) is 6.92 Å². The molecule has 1 atom stereocenters. The number of aryl methyl sites for hydroxylation is 1. The molecular weight excluding hydrogens is 302 g/mol. The molecule has 0 aliphatic heterocycles. The Morgan fingerprint density at radius 3 is 2.47 bits per heavy atom. The van der Waals surface area contributed by atoms with Gasteiger partial charge in [-0.05, 0) is 43.2 Å². The van der Waals surface area contributed by atoms with Crippen LogP contribution in [0.15, 0.2) is 46.9 Å². The van der Waals surface area contributed by atoms with Crippen molar-refractivity contribution < 1.29 is 4.74 Å². The second-order valence-electron chi connectivity index (χ2n) is 4.75. The van der Waals surface area contributed by atoms with Crippen LogP contribution in [0.25, 0.3) is 0 Å². The van der Waals surface area contributed by atoms with E-state index in [1.807, 2.05) is 43.3 Å². The molecule has 2 N–H and O–H groups in total. The minimum absolute atomic E-state index is 0.0273. The van der Waals surface area contributed by atoms with Crippen LogP contribution in [0.4, 0.5) is 0 Å². The first-order valence-electron chi connectivity index (χ1n) is 6.29. The predicted molar refractivity (Wildman–Crippen MR) is 82.3 cm³/mol. The van der Waals surface area contributed by atoms with Crippen LogP contribution in [0.1, 0.15) is 29.7 Å². The Bertz CT molecular complexity index is 549. The van der Waals surface area contributed by atoms with Gasteiger partial charge in [0.1, 0.15) is 12.4 Å². The molecule has 0 aliphatic rings. The van der Waals surface area contributed by atoms with E-state index < -0.39 is 0 Å². The second-order valence-corrected chi connectivity index (χ2v) is 5.66. The van der Waals surface area contributed by atoms with Crippen molar-refractivity contribution >= 4 is 15.9 Å².